The molecule has 1 aromatic heterocycles. The van der Waals surface area contributed by atoms with Crippen molar-refractivity contribution in [1.82, 2.24) is 4.57 Å². The summed E-state index contributed by atoms with van der Waals surface area (Å²) in [5.41, 5.74) is 6.59. The van der Waals surface area contributed by atoms with Gasteiger partial charge >= 0.3 is 0 Å². The molecular formula is C14H23N3O. The lowest BCUT2D eigenvalue weighted by molar-refractivity contribution is 0.490. The first-order valence-corrected chi connectivity index (χ1v) is 6.42. The second-order valence-corrected chi connectivity index (χ2v) is 5.38. The highest BCUT2D eigenvalue weighted by Gasteiger charge is 2.13. The normalized spacial score (nSPS) is 11.2. The van der Waals surface area contributed by atoms with E-state index >= 15 is 0 Å². The molecule has 1 heterocycles. The van der Waals surface area contributed by atoms with Gasteiger partial charge in [0.2, 0.25) is 0 Å². The Labute approximate surface area is 108 Å². The van der Waals surface area contributed by atoms with Gasteiger partial charge in [-0.25, -0.2) is 0 Å². The van der Waals surface area contributed by atoms with Gasteiger partial charge in [0.1, 0.15) is 5.84 Å². The van der Waals surface area contributed by atoms with Crippen molar-refractivity contribution >= 4 is 5.84 Å². The van der Waals surface area contributed by atoms with Crippen LogP contribution in [0.5, 0.6) is 0 Å². The van der Waals surface area contributed by atoms with Crippen molar-refractivity contribution in [1.29, 1.82) is 5.41 Å². The number of nitrogens with two attached hydrogens (primary N) is 1. The Hall–Kier alpha value is -1.58. The van der Waals surface area contributed by atoms with Gasteiger partial charge in [0.05, 0.1) is 5.56 Å². The molecule has 0 aliphatic carbocycles. The van der Waals surface area contributed by atoms with Gasteiger partial charge in [-0.05, 0) is 30.4 Å². The first-order valence-electron chi connectivity index (χ1n) is 6.42. The smallest absolute Gasteiger partial charge is 0.261 e. The average molecular weight is 249 g/mol. The summed E-state index contributed by atoms with van der Waals surface area (Å²) in [6, 6.07) is 3.56. The quantitative estimate of drug-likeness (QED) is 0.621. The molecule has 18 heavy (non-hydrogen) atoms. The van der Waals surface area contributed by atoms with Gasteiger partial charge in [-0.15, -0.1) is 0 Å². The maximum Gasteiger partial charge on any atom is 0.261 e. The number of nitrogens with one attached hydrogen (secondary N) is 1. The maximum atomic E-state index is 12.3. The Morgan fingerprint density at radius 2 is 1.94 bits per heavy atom. The largest absolute Gasteiger partial charge is 0.384 e. The van der Waals surface area contributed by atoms with E-state index < -0.39 is 0 Å². The minimum absolute atomic E-state index is 0.144. The van der Waals surface area contributed by atoms with E-state index in [1.807, 2.05) is 6.07 Å². The predicted octanol–water partition coefficient (Wildman–Crippen LogP) is 2.30. The number of hydrogen-bond donors (Lipinski definition) is 2. The van der Waals surface area contributed by atoms with Gasteiger partial charge in [-0.1, -0.05) is 27.7 Å². The molecule has 0 amide bonds. The van der Waals surface area contributed by atoms with Crippen LogP contribution in [-0.4, -0.2) is 10.4 Å². The van der Waals surface area contributed by atoms with E-state index in [0.717, 1.165) is 12.1 Å². The Morgan fingerprint density at radius 3 is 2.39 bits per heavy atom. The summed E-state index contributed by atoms with van der Waals surface area (Å²) < 4.78 is 1.77. The predicted molar refractivity (Wildman–Crippen MR) is 75.3 cm³/mol. The van der Waals surface area contributed by atoms with E-state index in [0.29, 0.717) is 18.0 Å². The molecule has 0 fully saturated rings. The summed E-state index contributed by atoms with van der Waals surface area (Å²) in [7, 11) is 0. The number of amidine groups is 1. The van der Waals surface area contributed by atoms with E-state index in [4.69, 9.17) is 11.1 Å². The Morgan fingerprint density at radius 1 is 1.33 bits per heavy atom. The van der Waals surface area contributed by atoms with Gasteiger partial charge in [0.15, 0.2) is 0 Å². The molecule has 0 atom stereocenters. The summed E-state index contributed by atoms with van der Waals surface area (Å²) in [6.45, 7) is 9.08. The van der Waals surface area contributed by atoms with Crippen LogP contribution < -0.4 is 11.3 Å². The SMILES string of the molecule is CC(C)CCn1c(C(C)C)ccc(C(=N)N)c1=O. The summed E-state index contributed by atoms with van der Waals surface area (Å²) in [4.78, 5) is 12.3. The molecule has 1 aromatic rings. The number of nitrogens with zero attached hydrogens (tertiary/aromatic N) is 1. The molecule has 0 aromatic carbocycles. The average Bonchev–Trinajstić information content (AvgIpc) is 2.25. The fourth-order valence-electron chi connectivity index (χ4n) is 1.92. The second-order valence-electron chi connectivity index (χ2n) is 5.38. The molecule has 0 aliphatic rings. The van der Waals surface area contributed by atoms with Gasteiger partial charge in [-0.2, -0.15) is 0 Å². The van der Waals surface area contributed by atoms with Crippen LogP contribution in [0.3, 0.4) is 0 Å². The molecule has 0 saturated carbocycles. The number of nitrogen functional groups attached to an aromatic ring is 1. The lowest BCUT2D eigenvalue weighted by atomic mass is 10.1. The van der Waals surface area contributed by atoms with Crippen LogP contribution >= 0.6 is 0 Å². The first kappa shape index (κ1) is 14.5. The van der Waals surface area contributed by atoms with E-state index in [1.54, 1.807) is 10.6 Å². The van der Waals surface area contributed by atoms with E-state index in [1.165, 1.54) is 0 Å². The lowest BCUT2D eigenvalue weighted by Crippen LogP contribution is -2.32. The third-order valence-corrected chi connectivity index (χ3v) is 3.02. The van der Waals surface area contributed by atoms with Crippen molar-refractivity contribution in [3.63, 3.8) is 0 Å². The zero-order valence-corrected chi connectivity index (χ0v) is 11.7. The highest BCUT2D eigenvalue weighted by molar-refractivity contribution is 5.94. The molecule has 0 saturated heterocycles. The van der Waals surface area contributed by atoms with Crippen molar-refractivity contribution in [2.45, 2.75) is 46.6 Å². The van der Waals surface area contributed by atoms with Gasteiger partial charge < -0.3 is 10.3 Å². The molecule has 3 N–H and O–H groups in total. The third kappa shape index (κ3) is 3.22. The topological polar surface area (TPSA) is 71.9 Å². The molecule has 0 radical (unpaired) electrons. The minimum Gasteiger partial charge on any atom is -0.384 e. The molecule has 100 valence electrons. The van der Waals surface area contributed by atoms with Crippen LogP contribution in [0.4, 0.5) is 0 Å². The number of aromatic nitrogens is 1. The standard InChI is InChI=1S/C14H23N3O/c1-9(2)7-8-17-12(10(3)4)6-5-11(13(15)16)14(17)18/h5-6,9-10H,7-8H2,1-4H3,(H3,15,16). The van der Waals surface area contributed by atoms with E-state index in [-0.39, 0.29) is 17.3 Å². The van der Waals surface area contributed by atoms with Crippen molar-refractivity contribution < 1.29 is 0 Å². The minimum atomic E-state index is -0.159. The molecule has 4 heteroatoms. The molecule has 4 nitrogen and oxygen atoms in total. The van der Waals surface area contributed by atoms with Crippen LogP contribution in [0, 0.1) is 11.3 Å². The molecular weight excluding hydrogens is 226 g/mol. The fraction of sp³-hybridized carbons (Fsp3) is 0.571. The number of pyridine rings is 1. The molecule has 0 aliphatic heterocycles. The van der Waals surface area contributed by atoms with Crippen LogP contribution in [-0.2, 0) is 6.54 Å². The molecule has 1 rings (SSSR count). The van der Waals surface area contributed by atoms with E-state index in [9.17, 15) is 4.79 Å². The highest BCUT2D eigenvalue weighted by atomic mass is 16.1. The van der Waals surface area contributed by atoms with Crippen LogP contribution in [0.25, 0.3) is 0 Å². The summed E-state index contributed by atoms with van der Waals surface area (Å²) in [5.74, 6) is 0.664. The fourth-order valence-corrected chi connectivity index (χ4v) is 1.92. The molecule has 0 bridgehead atoms. The number of rotatable bonds is 5. The zero-order valence-electron chi connectivity index (χ0n) is 11.7. The van der Waals surface area contributed by atoms with Crippen LogP contribution in [0.1, 0.15) is 51.3 Å². The van der Waals surface area contributed by atoms with Crippen molar-refractivity contribution in [3.05, 3.63) is 33.7 Å². The maximum absolute atomic E-state index is 12.3. The summed E-state index contributed by atoms with van der Waals surface area (Å²) >= 11 is 0. The summed E-state index contributed by atoms with van der Waals surface area (Å²) in [6.07, 6.45) is 0.945. The molecule has 0 spiro atoms. The highest BCUT2D eigenvalue weighted by Crippen LogP contribution is 2.14. The van der Waals surface area contributed by atoms with Crippen molar-refractivity contribution in [3.8, 4) is 0 Å². The van der Waals surface area contributed by atoms with Gasteiger partial charge in [-0.3, -0.25) is 10.2 Å². The second kappa shape index (κ2) is 5.85. The van der Waals surface area contributed by atoms with Crippen LogP contribution in [0.15, 0.2) is 16.9 Å². The van der Waals surface area contributed by atoms with Gasteiger partial charge in [0, 0.05) is 12.2 Å². The van der Waals surface area contributed by atoms with E-state index in [2.05, 4.69) is 27.7 Å². The lowest BCUT2D eigenvalue weighted by Gasteiger charge is -2.17. The Kier molecular flexibility index (Phi) is 4.70. The monoisotopic (exact) mass is 249 g/mol. The first-order chi connectivity index (χ1) is 8.34. The Bertz CT molecular complexity index is 486. The number of hydrogen-bond acceptors (Lipinski definition) is 2. The summed E-state index contributed by atoms with van der Waals surface area (Å²) in [5, 5.41) is 7.43. The third-order valence-electron chi connectivity index (χ3n) is 3.02. The van der Waals surface area contributed by atoms with Crippen LogP contribution in [0.2, 0.25) is 0 Å². The molecule has 0 unspecified atom stereocenters. The zero-order chi connectivity index (χ0) is 13.9. The van der Waals surface area contributed by atoms with Crippen molar-refractivity contribution in [2.75, 3.05) is 0 Å². The Balaban J connectivity index is 3.27. The van der Waals surface area contributed by atoms with Crippen molar-refractivity contribution in [2.24, 2.45) is 11.7 Å². The van der Waals surface area contributed by atoms with Gasteiger partial charge in [0.25, 0.3) is 5.56 Å².